The predicted molar refractivity (Wildman–Crippen MR) is 65.3 cm³/mol. The summed E-state index contributed by atoms with van der Waals surface area (Å²) in [6.07, 6.45) is 1.15. The number of nitrogens with one attached hydrogen (secondary N) is 1. The molecule has 0 saturated heterocycles. The first kappa shape index (κ1) is 10.5. The molecule has 1 unspecified atom stereocenters. The van der Waals surface area contributed by atoms with E-state index in [-0.39, 0.29) is 0 Å². The molecule has 15 heavy (non-hydrogen) atoms. The average molecular weight is 204 g/mol. The number of nitrogens with two attached hydrogens (primary N) is 1. The van der Waals surface area contributed by atoms with E-state index in [4.69, 9.17) is 5.73 Å². The van der Waals surface area contributed by atoms with Crippen LogP contribution in [0.4, 0.5) is 5.69 Å². The average Bonchev–Trinajstić information content (AvgIpc) is 2.65. The van der Waals surface area contributed by atoms with Crippen molar-refractivity contribution in [2.75, 3.05) is 18.4 Å². The first-order valence-corrected chi connectivity index (χ1v) is 5.79. The molecule has 1 aromatic carbocycles. The van der Waals surface area contributed by atoms with Gasteiger partial charge in [0, 0.05) is 12.2 Å². The number of rotatable bonds is 3. The topological polar surface area (TPSA) is 38.0 Å². The fourth-order valence-electron chi connectivity index (χ4n) is 2.35. The lowest BCUT2D eigenvalue weighted by Gasteiger charge is -2.20. The van der Waals surface area contributed by atoms with Crippen LogP contribution in [0.5, 0.6) is 0 Å². The molecule has 82 valence electrons. The molecule has 0 bridgehead atoms. The maximum absolute atomic E-state index is 5.84. The summed E-state index contributed by atoms with van der Waals surface area (Å²) in [4.78, 5) is 0. The van der Waals surface area contributed by atoms with Crippen molar-refractivity contribution >= 4 is 5.69 Å². The molecule has 1 aliphatic rings. The molecule has 0 saturated carbocycles. The number of fused-ring (bicyclic) bond motifs is 1. The molecular formula is C13H20N2. The van der Waals surface area contributed by atoms with Gasteiger partial charge in [-0.05, 0) is 42.0 Å². The lowest BCUT2D eigenvalue weighted by molar-refractivity contribution is 0.506. The van der Waals surface area contributed by atoms with E-state index >= 15 is 0 Å². The quantitative estimate of drug-likeness (QED) is 0.793. The van der Waals surface area contributed by atoms with Crippen LogP contribution in [0.1, 0.15) is 30.9 Å². The highest BCUT2D eigenvalue weighted by atomic mass is 14.9. The molecule has 1 heterocycles. The number of anilines is 1. The summed E-state index contributed by atoms with van der Waals surface area (Å²) < 4.78 is 0. The highest BCUT2D eigenvalue weighted by molar-refractivity contribution is 5.57. The van der Waals surface area contributed by atoms with Crippen molar-refractivity contribution in [3.63, 3.8) is 0 Å². The lowest BCUT2D eigenvalue weighted by Crippen LogP contribution is -2.17. The number of hydrogen-bond donors (Lipinski definition) is 2. The van der Waals surface area contributed by atoms with Crippen LogP contribution >= 0.6 is 0 Å². The van der Waals surface area contributed by atoms with Gasteiger partial charge in [0.1, 0.15) is 0 Å². The summed E-state index contributed by atoms with van der Waals surface area (Å²) in [5.74, 6) is 1.11. The van der Waals surface area contributed by atoms with E-state index < -0.39 is 0 Å². The second-order valence-electron chi connectivity index (χ2n) is 4.68. The van der Waals surface area contributed by atoms with E-state index in [9.17, 15) is 0 Å². The van der Waals surface area contributed by atoms with Crippen LogP contribution in [0, 0.1) is 5.92 Å². The van der Waals surface area contributed by atoms with Gasteiger partial charge in [0.2, 0.25) is 0 Å². The molecule has 0 fully saturated rings. The maximum Gasteiger partial charge on any atom is 0.0373 e. The van der Waals surface area contributed by atoms with Gasteiger partial charge < -0.3 is 11.1 Å². The summed E-state index contributed by atoms with van der Waals surface area (Å²) in [5.41, 5.74) is 9.99. The Morgan fingerprint density at radius 2 is 2.20 bits per heavy atom. The molecule has 0 aromatic heterocycles. The number of benzene rings is 1. The van der Waals surface area contributed by atoms with E-state index in [0.717, 1.165) is 19.5 Å². The third-order valence-electron chi connectivity index (χ3n) is 3.33. The van der Waals surface area contributed by atoms with Crippen molar-refractivity contribution in [2.24, 2.45) is 11.7 Å². The van der Waals surface area contributed by atoms with E-state index in [1.54, 1.807) is 0 Å². The van der Waals surface area contributed by atoms with Crippen LogP contribution < -0.4 is 11.1 Å². The smallest absolute Gasteiger partial charge is 0.0373 e. The van der Waals surface area contributed by atoms with Gasteiger partial charge in [-0.15, -0.1) is 0 Å². The second kappa shape index (κ2) is 4.23. The zero-order chi connectivity index (χ0) is 10.8. The molecular weight excluding hydrogens is 184 g/mol. The van der Waals surface area contributed by atoms with Gasteiger partial charge in [0.25, 0.3) is 0 Å². The third-order valence-corrected chi connectivity index (χ3v) is 3.33. The summed E-state index contributed by atoms with van der Waals surface area (Å²) in [6.45, 7) is 6.30. The van der Waals surface area contributed by atoms with Crippen molar-refractivity contribution in [1.82, 2.24) is 0 Å². The Morgan fingerprint density at radius 1 is 1.40 bits per heavy atom. The van der Waals surface area contributed by atoms with E-state index in [1.807, 2.05) is 0 Å². The fraction of sp³-hybridized carbons (Fsp3) is 0.538. The van der Waals surface area contributed by atoms with Crippen molar-refractivity contribution < 1.29 is 0 Å². The van der Waals surface area contributed by atoms with Crippen LogP contribution in [-0.4, -0.2) is 13.1 Å². The van der Waals surface area contributed by atoms with Crippen molar-refractivity contribution in [2.45, 2.75) is 26.2 Å². The standard InChI is InChI=1S/C13H20N2/c1-9(2)12(8-14)10-3-4-13-11(7-10)5-6-15-13/h3-4,7,9,12,15H,5-6,8,14H2,1-2H3. The van der Waals surface area contributed by atoms with Gasteiger partial charge in [0.05, 0.1) is 0 Å². The molecule has 2 rings (SSSR count). The Hall–Kier alpha value is -1.02. The van der Waals surface area contributed by atoms with Gasteiger partial charge in [-0.2, -0.15) is 0 Å². The van der Waals surface area contributed by atoms with E-state index in [0.29, 0.717) is 11.8 Å². The van der Waals surface area contributed by atoms with Gasteiger partial charge in [-0.25, -0.2) is 0 Å². The molecule has 1 atom stereocenters. The molecule has 0 spiro atoms. The molecule has 0 amide bonds. The largest absolute Gasteiger partial charge is 0.384 e. The highest BCUT2D eigenvalue weighted by Crippen LogP contribution is 2.29. The predicted octanol–water partition coefficient (Wildman–Crippen LogP) is 2.35. The molecule has 1 aliphatic heterocycles. The minimum absolute atomic E-state index is 0.496. The summed E-state index contributed by atoms with van der Waals surface area (Å²) in [5, 5.41) is 3.38. The van der Waals surface area contributed by atoms with Crippen LogP contribution in [0.2, 0.25) is 0 Å². The van der Waals surface area contributed by atoms with E-state index in [2.05, 4.69) is 37.4 Å². The first-order chi connectivity index (χ1) is 7.22. The van der Waals surface area contributed by atoms with Gasteiger partial charge >= 0.3 is 0 Å². The Kier molecular flexibility index (Phi) is 2.96. The number of hydrogen-bond acceptors (Lipinski definition) is 2. The summed E-state index contributed by atoms with van der Waals surface area (Å²) >= 11 is 0. The minimum atomic E-state index is 0.496. The zero-order valence-electron chi connectivity index (χ0n) is 9.59. The molecule has 3 N–H and O–H groups in total. The Morgan fingerprint density at radius 3 is 2.87 bits per heavy atom. The van der Waals surface area contributed by atoms with Crippen LogP contribution in [0.3, 0.4) is 0 Å². The van der Waals surface area contributed by atoms with Crippen LogP contribution in [0.15, 0.2) is 18.2 Å². The van der Waals surface area contributed by atoms with Gasteiger partial charge in [-0.3, -0.25) is 0 Å². The maximum atomic E-state index is 5.84. The molecule has 0 aliphatic carbocycles. The summed E-state index contributed by atoms with van der Waals surface area (Å²) in [7, 11) is 0. The molecule has 2 heteroatoms. The summed E-state index contributed by atoms with van der Waals surface area (Å²) in [6, 6.07) is 6.74. The fourth-order valence-corrected chi connectivity index (χ4v) is 2.35. The Bertz CT molecular complexity index is 344. The zero-order valence-corrected chi connectivity index (χ0v) is 9.59. The van der Waals surface area contributed by atoms with Crippen molar-refractivity contribution in [3.05, 3.63) is 29.3 Å². The van der Waals surface area contributed by atoms with Crippen molar-refractivity contribution in [1.29, 1.82) is 0 Å². The van der Waals surface area contributed by atoms with Gasteiger partial charge in [0.15, 0.2) is 0 Å². The first-order valence-electron chi connectivity index (χ1n) is 5.79. The van der Waals surface area contributed by atoms with Gasteiger partial charge in [-0.1, -0.05) is 26.0 Å². The molecule has 2 nitrogen and oxygen atoms in total. The van der Waals surface area contributed by atoms with Crippen LogP contribution in [-0.2, 0) is 6.42 Å². The van der Waals surface area contributed by atoms with E-state index in [1.165, 1.54) is 16.8 Å². The Balaban J connectivity index is 2.28. The third kappa shape index (κ3) is 2.00. The minimum Gasteiger partial charge on any atom is -0.384 e. The molecule has 0 radical (unpaired) electrons. The molecule has 1 aromatic rings. The SMILES string of the molecule is CC(C)C(CN)c1ccc2c(c1)CCN2. The monoisotopic (exact) mass is 204 g/mol. The Labute approximate surface area is 91.9 Å². The highest BCUT2D eigenvalue weighted by Gasteiger charge is 2.17. The second-order valence-corrected chi connectivity index (χ2v) is 4.68. The normalized spacial score (nSPS) is 16.3. The lowest BCUT2D eigenvalue weighted by atomic mass is 9.87. The van der Waals surface area contributed by atoms with Crippen molar-refractivity contribution in [3.8, 4) is 0 Å². The van der Waals surface area contributed by atoms with Crippen LogP contribution in [0.25, 0.3) is 0 Å².